The molecular formula is C27H38N4O6. The van der Waals surface area contributed by atoms with E-state index in [1.807, 2.05) is 44.2 Å². The summed E-state index contributed by atoms with van der Waals surface area (Å²) < 4.78 is 12.1. The van der Waals surface area contributed by atoms with Gasteiger partial charge in [0.15, 0.2) is 0 Å². The second kappa shape index (κ2) is 9.98. The molecule has 0 radical (unpaired) electrons. The summed E-state index contributed by atoms with van der Waals surface area (Å²) in [6, 6.07) is 7.52. The Morgan fingerprint density at radius 3 is 2.54 bits per heavy atom. The van der Waals surface area contributed by atoms with Crippen molar-refractivity contribution in [3.8, 4) is 0 Å². The molecule has 3 amide bonds. The van der Waals surface area contributed by atoms with Crippen LogP contribution < -0.4 is 10.6 Å². The van der Waals surface area contributed by atoms with Crippen molar-refractivity contribution in [1.82, 2.24) is 20.4 Å². The average Bonchev–Trinajstić information content (AvgIpc) is 3.42. The van der Waals surface area contributed by atoms with Gasteiger partial charge in [0.25, 0.3) is 0 Å². The number of hydrogen-bond acceptors (Lipinski definition) is 7. The predicted octanol–water partition coefficient (Wildman–Crippen LogP) is -0.0749. The van der Waals surface area contributed by atoms with Crippen LogP contribution in [0.25, 0.3) is 0 Å². The maximum Gasteiger partial charge on any atom is 0.245 e. The van der Waals surface area contributed by atoms with Gasteiger partial charge in [-0.3, -0.25) is 19.3 Å². The van der Waals surface area contributed by atoms with E-state index in [-0.39, 0.29) is 30.2 Å². The molecule has 4 aliphatic heterocycles. The molecule has 1 aromatic carbocycles. The summed E-state index contributed by atoms with van der Waals surface area (Å²) in [6.45, 7) is 7.59. The van der Waals surface area contributed by atoms with E-state index in [0.717, 1.165) is 18.7 Å². The van der Waals surface area contributed by atoms with Crippen molar-refractivity contribution in [2.24, 2.45) is 17.8 Å². The smallest absolute Gasteiger partial charge is 0.245 e. The minimum Gasteiger partial charge on any atom is -0.394 e. The van der Waals surface area contributed by atoms with E-state index in [1.165, 1.54) is 4.90 Å². The fourth-order valence-electron chi connectivity index (χ4n) is 7.16. The number of nitrogens with zero attached hydrogens (tertiary/aromatic N) is 2. The Bertz CT molecular complexity index is 1030. The number of ether oxygens (including phenoxy) is 2. The standard InChI is InChI=1S/C27H38N4O6/c1-17-15-27-21(20(23(33)28-3)26(17,2)37-27)25(35)31(19(16-32)18-7-5-4-6-8-18)22(27)24(34)29-9-10-30-11-13-36-14-12-30/h4-8,17,19-22,32H,9-16H2,1-3H3,(H,28,33)(H,29,34)/t17?,19-,20+,21+,22?,26-,27?/m1/s1. The van der Waals surface area contributed by atoms with Gasteiger partial charge in [-0.25, -0.2) is 0 Å². The molecule has 7 atom stereocenters. The van der Waals surface area contributed by atoms with Crippen LogP contribution in [0.4, 0.5) is 0 Å². The molecule has 202 valence electrons. The van der Waals surface area contributed by atoms with Crippen molar-refractivity contribution < 1.29 is 29.0 Å². The van der Waals surface area contributed by atoms with Crippen LogP contribution in [0, 0.1) is 17.8 Å². The Morgan fingerprint density at radius 1 is 1.19 bits per heavy atom. The van der Waals surface area contributed by atoms with E-state index in [9.17, 15) is 19.5 Å². The fraction of sp³-hybridized carbons (Fsp3) is 0.667. The molecule has 5 rings (SSSR count). The lowest BCUT2D eigenvalue weighted by molar-refractivity contribution is -0.151. The quantitative estimate of drug-likeness (QED) is 0.444. The molecule has 4 aliphatic rings. The van der Waals surface area contributed by atoms with Crippen LogP contribution in [0.15, 0.2) is 30.3 Å². The second-order valence-electron chi connectivity index (χ2n) is 10.9. The molecule has 0 saturated carbocycles. The minimum atomic E-state index is -1.15. The first-order valence-electron chi connectivity index (χ1n) is 13.3. The molecule has 2 bridgehead atoms. The van der Waals surface area contributed by atoms with E-state index >= 15 is 0 Å². The van der Waals surface area contributed by atoms with Gasteiger partial charge in [0.1, 0.15) is 11.6 Å². The van der Waals surface area contributed by atoms with Crippen LogP contribution in [-0.4, -0.2) is 103 Å². The highest BCUT2D eigenvalue weighted by Gasteiger charge is 2.80. The Morgan fingerprint density at radius 2 is 1.89 bits per heavy atom. The Kier molecular flexibility index (Phi) is 7.04. The van der Waals surface area contributed by atoms with Crippen molar-refractivity contribution in [3.63, 3.8) is 0 Å². The molecule has 10 nitrogen and oxygen atoms in total. The minimum absolute atomic E-state index is 0.0354. The highest BCUT2D eigenvalue weighted by Crippen LogP contribution is 2.65. The molecule has 1 spiro atoms. The zero-order valence-corrected chi connectivity index (χ0v) is 21.8. The van der Waals surface area contributed by atoms with E-state index in [4.69, 9.17) is 9.47 Å². The molecular weight excluding hydrogens is 476 g/mol. The topological polar surface area (TPSA) is 120 Å². The molecule has 37 heavy (non-hydrogen) atoms. The van der Waals surface area contributed by atoms with Crippen LogP contribution in [0.5, 0.6) is 0 Å². The van der Waals surface area contributed by atoms with Gasteiger partial charge in [-0.2, -0.15) is 0 Å². The summed E-state index contributed by atoms with van der Waals surface area (Å²) in [6.07, 6.45) is 0.485. The lowest BCUT2D eigenvalue weighted by atomic mass is 9.62. The van der Waals surface area contributed by atoms with Crippen molar-refractivity contribution in [2.45, 2.75) is 43.6 Å². The van der Waals surface area contributed by atoms with Crippen LogP contribution in [0.3, 0.4) is 0 Å². The van der Waals surface area contributed by atoms with Crippen LogP contribution >= 0.6 is 0 Å². The third-order valence-electron chi connectivity index (χ3n) is 9.05. The van der Waals surface area contributed by atoms with Gasteiger partial charge in [-0.05, 0) is 24.8 Å². The number of hydrogen-bond donors (Lipinski definition) is 3. The SMILES string of the molecule is CNC(=O)[C@@H]1[C@H]2C(=O)N([C@H](CO)c3ccccc3)C(C(=O)NCCN3CCOCC3)C23CC(C)[C@@]1(C)O3. The largest absolute Gasteiger partial charge is 0.394 e. The van der Waals surface area contributed by atoms with Crippen LogP contribution in [0.2, 0.25) is 0 Å². The van der Waals surface area contributed by atoms with Gasteiger partial charge in [0, 0.05) is 33.2 Å². The number of likely N-dealkylation sites (tertiary alicyclic amines) is 1. The van der Waals surface area contributed by atoms with Gasteiger partial charge in [0.2, 0.25) is 17.7 Å². The van der Waals surface area contributed by atoms with Gasteiger partial charge in [0.05, 0.1) is 43.3 Å². The van der Waals surface area contributed by atoms with Crippen molar-refractivity contribution in [2.75, 3.05) is 53.0 Å². The number of amides is 3. The van der Waals surface area contributed by atoms with Crippen LogP contribution in [0.1, 0.15) is 31.9 Å². The van der Waals surface area contributed by atoms with E-state index < -0.39 is 35.1 Å². The molecule has 1 aromatic rings. The molecule has 4 fully saturated rings. The summed E-state index contributed by atoms with van der Waals surface area (Å²) in [5.74, 6) is -2.46. The Balaban J connectivity index is 1.50. The normalized spacial score (nSPS) is 35.9. The molecule has 0 aromatic heterocycles. The van der Waals surface area contributed by atoms with E-state index in [2.05, 4.69) is 15.5 Å². The number of nitrogens with one attached hydrogen (secondary N) is 2. The summed E-state index contributed by atoms with van der Waals surface area (Å²) in [4.78, 5) is 45.1. The molecule has 4 heterocycles. The summed E-state index contributed by atoms with van der Waals surface area (Å²) in [5, 5.41) is 16.3. The van der Waals surface area contributed by atoms with E-state index in [1.54, 1.807) is 7.05 Å². The first kappa shape index (κ1) is 26.1. The first-order chi connectivity index (χ1) is 17.8. The number of benzene rings is 1. The van der Waals surface area contributed by atoms with Crippen LogP contribution in [-0.2, 0) is 23.9 Å². The van der Waals surface area contributed by atoms with Gasteiger partial charge < -0.3 is 30.1 Å². The zero-order chi connectivity index (χ0) is 26.4. The third-order valence-corrected chi connectivity index (χ3v) is 9.05. The Labute approximate surface area is 217 Å². The third kappa shape index (κ3) is 4.05. The molecule has 10 heteroatoms. The number of aliphatic hydroxyl groups is 1. The highest BCUT2D eigenvalue weighted by atomic mass is 16.5. The highest BCUT2D eigenvalue weighted by molar-refractivity contribution is 5.99. The number of carbonyl (C=O) groups excluding carboxylic acids is 3. The van der Waals surface area contributed by atoms with Gasteiger partial charge in [-0.1, -0.05) is 37.3 Å². The molecule has 0 aliphatic carbocycles. The maximum atomic E-state index is 14.2. The number of morpholine rings is 1. The summed E-state index contributed by atoms with van der Waals surface area (Å²) >= 11 is 0. The second-order valence-corrected chi connectivity index (χ2v) is 10.9. The number of aliphatic hydroxyl groups excluding tert-OH is 1. The summed E-state index contributed by atoms with van der Waals surface area (Å²) in [7, 11) is 1.56. The lowest BCUT2D eigenvalue weighted by Gasteiger charge is -2.37. The first-order valence-corrected chi connectivity index (χ1v) is 13.3. The maximum absolute atomic E-state index is 14.2. The zero-order valence-electron chi connectivity index (χ0n) is 21.8. The molecule has 3 N–H and O–H groups in total. The number of rotatable bonds is 8. The summed E-state index contributed by atoms with van der Waals surface area (Å²) in [5.41, 5.74) is -1.28. The van der Waals surface area contributed by atoms with E-state index in [0.29, 0.717) is 32.7 Å². The predicted molar refractivity (Wildman–Crippen MR) is 134 cm³/mol. The van der Waals surface area contributed by atoms with Crippen molar-refractivity contribution >= 4 is 17.7 Å². The average molecular weight is 515 g/mol. The number of carbonyl (C=O) groups is 3. The lowest BCUT2D eigenvalue weighted by Crippen LogP contribution is -2.57. The van der Waals surface area contributed by atoms with Gasteiger partial charge >= 0.3 is 0 Å². The fourth-order valence-corrected chi connectivity index (χ4v) is 7.16. The monoisotopic (exact) mass is 514 g/mol. The van der Waals surface area contributed by atoms with Crippen molar-refractivity contribution in [1.29, 1.82) is 0 Å². The Hall–Kier alpha value is -2.53. The van der Waals surface area contributed by atoms with Gasteiger partial charge in [-0.15, -0.1) is 0 Å². The molecule has 3 unspecified atom stereocenters. The number of fused-ring (bicyclic) bond motifs is 1. The molecule has 4 saturated heterocycles. The van der Waals surface area contributed by atoms with Crippen molar-refractivity contribution in [3.05, 3.63) is 35.9 Å².